The van der Waals surface area contributed by atoms with Gasteiger partial charge in [-0.1, -0.05) is 84.9 Å². The number of aromatic nitrogens is 3. The lowest BCUT2D eigenvalue weighted by Crippen LogP contribution is -1.94. The van der Waals surface area contributed by atoms with Crippen LogP contribution < -0.4 is 0 Å². The van der Waals surface area contributed by atoms with Crippen molar-refractivity contribution in [3.05, 3.63) is 128 Å². The molecular formula is C32H21N3. The average Bonchev–Trinajstić information content (AvgIpc) is 3.27. The summed E-state index contributed by atoms with van der Waals surface area (Å²) in [7, 11) is 0. The topological polar surface area (TPSA) is 30.7 Å². The van der Waals surface area contributed by atoms with Gasteiger partial charge < -0.3 is 4.57 Å². The molecule has 164 valence electrons. The normalized spacial score (nSPS) is 11.4. The van der Waals surface area contributed by atoms with Crippen LogP contribution in [0.1, 0.15) is 0 Å². The van der Waals surface area contributed by atoms with Gasteiger partial charge in [-0.3, -0.25) is 4.98 Å². The molecule has 3 heteroatoms. The van der Waals surface area contributed by atoms with E-state index in [-0.39, 0.29) is 0 Å². The third-order valence-corrected chi connectivity index (χ3v) is 6.67. The molecule has 2 heterocycles. The minimum atomic E-state index is 0.880. The molecule has 0 bridgehead atoms. The Morgan fingerprint density at radius 2 is 1.06 bits per heavy atom. The van der Waals surface area contributed by atoms with E-state index in [1.807, 2.05) is 30.5 Å². The van der Waals surface area contributed by atoms with Crippen molar-refractivity contribution in [3.63, 3.8) is 0 Å². The first-order valence-corrected chi connectivity index (χ1v) is 11.8. The minimum absolute atomic E-state index is 0.880. The first-order chi connectivity index (χ1) is 17.4. The second-order valence-corrected chi connectivity index (χ2v) is 8.71. The quantitative estimate of drug-likeness (QED) is 0.274. The largest absolute Gasteiger partial charge is 0.309 e. The molecule has 5 aromatic carbocycles. The highest BCUT2D eigenvalue weighted by Gasteiger charge is 2.13. The molecule has 0 amide bonds. The maximum Gasteiger partial charge on any atom is 0.0899 e. The third-order valence-electron chi connectivity index (χ3n) is 6.67. The highest BCUT2D eigenvalue weighted by atomic mass is 15.0. The summed E-state index contributed by atoms with van der Waals surface area (Å²) in [6.45, 7) is 0. The zero-order chi connectivity index (χ0) is 23.2. The fourth-order valence-electron chi connectivity index (χ4n) is 5.04. The van der Waals surface area contributed by atoms with E-state index in [4.69, 9.17) is 4.98 Å². The van der Waals surface area contributed by atoms with Crippen LogP contribution in [0, 0.1) is 0 Å². The zero-order valence-corrected chi connectivity index (χ0v) is 19.0. The molecule has 7 aromatic rings. The van der Waals surface area contributed by atoms with Crippen molar-refractivity contribution >= 4 is 32.8 Å². The summed E-state index contributed by atoms with van der Waals surface area (Å²) < 4.78 is 2.34. The molecule has 0 saturated heterocycles. The number of benzene rings is 5. The Labute approximate surface area is 203 Å². The standard InChI is InChI=1S/C32H21N3/c1-2-10-25(30-21-33-28-13-5-6-14-29(28)34-30)24(9-1)22-17-19-23(20-18-22)35-31-15-7-3-11-26(31)27-12-4-8-16-32(27)35/h1-21H. The Kier molecular flexibility index (Phi) is 4.46. The Hall–Kier alpha value is -4.76. The molecule has 0 N–H and O–H groups in total. The van der Waals surface area contributed by atoms with Crippen molar-refractivity contribution in [2.24, 2.45) is 0 Å². The summed E-state index contributed by atoms with van der Waals surface area (Å²) in [6.07, 6.45) is 1.87. The highest BCUT2D eigenvalue weighted by molar-refractivity contribution is 6.09. The molecule has 7 rings (SSSR count). The molecule has 0 atom stereocenters. The Bertz CT molecular complexity index is 1790. The number of nitrogens with zero attached hydrogens (tertiary/aromatic N) is 3. The average molecular weight is 448 g/mol. The SMILES string of the molecule is c1ccc(-c2cnc3ccccc3n2)c(-c2ccc(-n3c4ccccc4c4ccccc43)cc2)c1. The Balaban J connectivity index is 1.35. The van der Waals surface area contributed by atoms with E-state index in [2.05, 4.69) is 107 Å². The summed E-state index contributed by atoms with van der Waals surface area (Å²) in [5.74, 6) is 0. The zero-order valence-electron chi connectivity index (χ0n) is 19.0. The van der Waals surface area contributed by atoms with Crippen LogP contribution in [0.25, 0.3) is 60.9 Å². The van der Waals surface area contributed by atoms with Crippen LogP contribution in [0.2, 0.25) is 0 Å². The molecule has 0 fully saturated rings. The number of hydrogen-bond acceptors (Lipinski definition) is 2. The van der Waals surface area contributed by atoms with Crippen LogP contribution in [0.4, 0.5) is 0 Å². The first-order valence-electron chi connectivity index (χ1n) is 11.8. The first kappa shape index (κ1) is 19.7. The van der Waals surface area contributed by atoms with Gasteiger partial charge in [-0.2, -0.15) is 0 Å². The summed E-state index contributed by atoms with van der Waals surface area (Å²) in [5, 5.41) is 2.54. The summed E-state index contributed by atoms with van der Waals surface area (Å²) in [5.41, 5.74) is 9.65. The van der Waals surface area contributed by atoms with E-state index in [9.17, 15) is 0 Å². The maximum atomic E-state index is 4.89. The predicted molar refractivity (Wildman–Crippen MR) is 145 cm³/mol. The third kappa shape index (κ3) is 3.21. The van der Waals surface area contributed by atoms with Crippen LogP contribution in [0.15, 0.2) is 128 Å². The van der Waals surface area contributed by atoms with E-state index in [1.54, 1.807) is 0 Å². The van der Waals surface area contributed by atoms with Gasteiger partial charge in [-0.25, -0.2) is 4.98 Å². The van der Waals surface area contributed by atoms with Gasteiger partial charge in [0.05, 0.1) is 34.0 Å². The van der Waals surface area contributed by atoms with Gasteiger partial charge in [-0.05, 0) is 47.5 Å². The van der Waals surface area contributed by atoms with Crippen LogP contribution in [0.5, 0.6) is 0 Å². The summed E-state index contributed by atoms with van der Waals surface area (Å²) >= 11 is 0. The van der Waals surface area contributed by atoms with E-state index >= 15 is 0 Å². The second kappa shape index (κ2) is 7.93. The number of fused-ring (bicyclic) bond motifs is 4. The molecule has 0 saturated carbocycles. The van der Waals surface area contributed by atoms with Crippen LogP contribution >= 0.6 is 0 Å². The lowest BCUT2D eigenvalue weighted by Gasteiger charge is -2.12. The predicted octanol–water partition coefficient (Wildman–Crippen LogP) is 8.06. The molecule has 0 radical (unpaired) electrons. The second-order valence-electron chi connectivity index (χ2n) is 8.71. The molecule has 0 unspecified atom stereocenters. The van der Waals surface area contributed by atoms with Gasteiger partial charge in [0.25, 0.3) is 0 Å². The van der Waals surface area contributed by atoms with E-state index < -0.39 is 0 Å². The molecule has 0 spiro atoms. The van der Waals surface area contributed by atoms with Crippen molar-refractivity contribution in [2.75, 3.05) is 0 Å². The molecule has 3 nitrogen and oxygen atoms in total. The van der Waals surface area contributed by atoms with Crippen molar-refractivity contribution in [3.8, 4) is 28.1 Å². The van der Waals surface area contributed by atoms with Gasteiger partial charge in [0.1, 0.15) is 0 Å². The Morgan fingerprint density at radius 1 is 0.486 bits per heavy atom. The minimum Gasteiger partial charge on any atom is -0.309 e. The lowest BCUT2D eigenvalue weighted by molar-refractivity contribution is 1.18. The number of rotatable bonds is 3. The van der Waals surface area contributed by atoms with Gasteiger partial charge in [0.15, 0.2) is 0 Å². The van der Waals surface area contributed by atoms with Gasteiger partial charge in [0, 0.05) is 22.0 Å². The van der Waals surface area contributed by atoms with Crippen LogP contribution in [-0.2, 0) is 0 Å². The lowest BCUT2D eigenvalue weighted by atomic mass is 9.97. The molecule has 0 aliphatic rings. The summed E-state index contributed by atoms with van der Waals surface area (Å²) in [4.78, 5) is 9.52. The van der Waals surface area contributed by atoms with E-state index in [1.165, 1.54) is 21.8 Å². The van der Waals surface area contributed by atoms with Crippen molar-refractivity contribution in [1.82, 2.24) is 14.5 Å². The van der Waals surface area contributed by atoms with Crippen molar-refractivity contribution in [2.45, 2.75) is 0 Å². The number of para-hydroxylation sites is 4. The fraction of sp³-hybridized carbons (Fsp3) is 0. The monoisotopic (exact) mass is 447 g/mol. The van der Waals surface area contributed by atoms with E-state index in [0.29, 0.717) is 0 Å². The molecule has 0 aliphatic heterocycles. The Morgan fingerprint density at radius 3 is 1.77 bits per heavy atom. The summed E-state index contributed by atoms with van der Waals surface area (Å²) in [6, 6.07) is 42.4. The van der Waals surface area contributed by atoms with Crippen LogP contribution in [-0.4, -0.2) is 14.5 Å². The van der Waals surface area contributed by atoms with Crippen LogP contribution in [0.3, 0.4) is 0 Å². The maximum absolute atomic E-state index is 4.89. The fourth-order valence-corrected chi connectivity index (χ4v) is 5.04. The molecular weight excluding hydrogens is 426 g/mol. The molecule has 35 heavy (non-hydrogen) atoms. The van der Waals surface area contributed by atoms with Crippen molar-refractivity contribution in [1.29, 1.82) is 0 Å². The molecule has 2 aromatic heterocycles. The smallest absolute Gasteiger partial charge is 0.0899 e. The number of hydrogen-bond donors (Lipinski definition) is 0. The molecule has 0 aliphatic carbocycles. The highest BCUT2D eigenvalue weighted by Crippen LogP contribution is 2.34. The van der Waals surface area contributed by atoms with Gasteiger partial charge in [0.2, 0.25) is 0 Å². The van der Waals surface area contributed by atoms with E-state index in [0.717, 1.165) is 39.1 Å². The van der Waals surface area contributed by atoms with Gasteiger partial charge in [-0.15, -0.1) is 0 Å². The van der Waals surface area contributed by atoms with Gasteiger partial charge >= 0.3 is 0 Å². The van der Waals surface area contributed by atoms with Crippen molar-refractivity contribution < 1.29 is 0 Å².